The van der Waals surface area contributed by atoms with Crippen molar-refractivity contribution in [2.75, 3.05) is 6.61 Å². The Labute approximate surface area is 170 Å². The topological polar surface area (TPSA) is 46.5 Å². The molecule has 3 nitrogen and oxygen atoms in total. The Balaban J connectivity index is 1.62. The summed E-state index contributed by atoms with van der Waals surface area (Å²) in [5.41, 5.74) is 2.66. The number of hydrogen-bond acceptors (Lipinski definition) is 2. The molecule has 3 rings (SSSR count). The summed E-state index contributed by atoms with van der Waals surface area (Å²) < 4.78 is 5.59. The van der Waals surface area contributed by atoms with E-state index in [2.05, 4.69) is 26.8 Å². The van der Waals surface area contributed by atoms with Crippen LogP contribution in [0.15, 0.2) is 18.2 Å². The van der Waals surface area contributed by atoms with Crippen molar-refractivity contribution in [3.8, 4) is 5.75 Å². The molecule has 156 valence electrons. The summed E-state index contributed by atoms with van der Waals surface area (Å²) in [4.78, 5) is 10.9. The summed E-state index contributed by atoms with van der Waals surface area (Å²) >= 11 is 0. The first kappa shape index (κ1) is 21.2. The Bertz CT molecular complexity index is 653. The highest BCUT2D eigenvalue weighted by Crippen LogP contribution is 2.51. The number of unbranched alkanes of at least 4 members (excludes halogenated alkanes) is 2. The first-order valence-electron chi connectivity index (χ1n) is 11.4. The number of aliphatic carboxylic acids is 1. The van der Waals surface area contributed by atoms with E-state index in [4.69, 9.17) is 9.84 Å². The van der Waals surface area contributed by atoms with Crippen molar-refractivity contribution in [2.45, 2.75) is 78.6 Å². The Morgan fingerprint density at radius 3 is 2.82 bits per heavy atom. The maximum atomic E-state index is 10.9. The zero-order valence-electron chi connectivity index (χ0n) is 18.0. The number of benzene rings is 1. The molecule has 0 radical (unpaired) electrons. The van der Waals surface area contributed by atoms with Crippen LogP contribution >= 0.6 is 0 Å². The SMILES string of the molecule is CCCCC[C@H](C)CC[C@@H]1[C@H]2Cc3cccc(OCC(=O)O)c3C[C@H]2C[C@H]1C. The lowest BCUT2D eigenvalue weighted by Crippen LogP contribution is -2.26. The van der Waals surface area contributed by atoms with Crippen LogP contribution < -0.4 is 4.74 Å². The van der Waals surface area contributed by atoms with Gasteiger partial charge >= 0.3 is 5.97 Å². The number of carbonyl (C=O) groups is 1. The fourth-order valence-electron chi connectivity index (χ4n) is 5.84. The lowest BCUT2D eigenvalue weighted by atomic mass is 9.73. The second-order valence-corrected chi connectivity index (χ2v) is 9.46. The van der Waals surface area contributed by atoms with E-state index in [0.29, 0.717) is 0 Å². The minimum absolute atomic E-state index is 0.250. The highest BCUT2D eigenvalue weighted by molar-refractivity contribution is 5.68. The van der Waals surface area contributed by atoms with Crippen LogP contribution in [0.4, 0.5) is 0 Å². The van der Waals surface area contributed by atoms with E-state index in [-0.39, 0.29) is 6.61 Å². The van der Waals surface area contributed by atoms with E-state index in [9.17, 15) is 4.79 Å². The van der Waals surface area contributed by atoms with E-state index in [1.807, 2.05) is 12.1 Å². The van der Waals surface area contributed by atoms with E-state index >= 15 is 0 Å². The van der Waals surface area contributed by atoms with Crippen molar-refractivity contribution in [2.24, 2.45) is 29.6 Å². The molecular weight excluding hydrogens is 348 g/mol. The first-order valence-corrected chi connectivity index (χ1v) is 11.4. The van der Waals surface area contributed by atoms with E-state index in [1.54, 1.807) is 0 Å². The third kappa shape index (κ3) is 5.10. The summed E-state index contributed by atoms with van der Waals surface area (Å²) in [5.74, 6) is 3.90. The molecule has 1 aromatic carbocycles. The van der Waals surface area contributed by atoms with Crippen LogP contribution in [0.3, 0.4) is 0 Å². The largest absolute Gasteiger partial charge is 0.482 e. The van der Waals surface area contributed by atoms with Gasteiger partial charge in [0.05, 0.1) is 0 Å². The molecule has 1 fully saturated rings. The lowest BCUT2D eigenvalue weighted by Gasteiger charge is -2.33. The number of fused-ring (bicyclic) bond motifs is 2. The van der Waals surface area contributed by atoms with Gasteiger partial charge in [-0.2, -0.15) is 0 Å². The van der Waals surface area contributed by atoms with Crippen LogP contribution in [0.1, 0.15) is 76.8 Å². The molecule has 0 saturated heterocycles. The van der Waals surface area contributed by atoms with Gasteiger partial charge in [0, 0.05) is 0 Å². The van der Waals surface area contributed by atoms with E-state index < -0.39 is 5.97 Å². The zero-order valence-corrected chi connectivity index (χ0v) is 18.0. The van der Waals surface area contributed by atoms with Crippen LogP contribution in [0, 0.1) is 29.6 Å². The maximum absolute atomic E-state index is 10.9. The Morgan fingerprint density at radius 1 is 1.25 bits per heavy atom. The standard InChI is InChI=1S/C25H38O3/c1-4-5-6-8-17(2)11-12-21-18(3)13-20-15-23-19(14-22(20)21)9-7-10-24(23)28-16-25(26)27/h7,9-10,17-18,20-22H,4-6,8,11-16H2,1-3H3,(H,26,27)/t17-,18+,20+,21-,22-/m0/s1. The molecule has 0 amide bonds. The van der Waals surface area contributed by atoms with Gasteiger partial charge in [-0.05, 0) is 72.5 Å². The molecule has 1 N–H and O–H groups in total. The fraction of sp³-hybridized carbons (Fsp3) is 0.720. The van der Waals surface area contributed by atoms with Gasteiger partial charge < -0.3 is 9.84 Å². The molecule has 1 aromatic rings. The molecule has 2 aliphatic rings. The minimum Gasteiger partial charge on any atom is -0.482 e. The summed E-state index contributed by atoms with van der Waals surface area (Å²) in [6.45, 7) is 6.93. The normalized spacial score (nSPS) is 27.1. The predicted octanol–water partition coefficient (Wildman–Crippen LogP) is 6.13. The van der Waals surface area contributed by atoms with Gasteiger partial charge in [-0.1, -0.05) is 65.0 Å². The highest BCUT2D eigenvalue weighted by atomic mass is 16.5. The quantitative estimate of drug-likeness (QED) is 0.492. The zero-order chi connectivity index (χ0) is 20.1. The highest BCUT2D eigenvalue weighted by Gasteiger charge is 2.43. The average Bonchev–Trinajstić information content (AvgIpc) is 2.97. The molecule has 1 saturated carbocycles. The molecular formula is C25H38O3. The van der Waals surface area contributed by atoms with Gasteiger partial charge in [0.15, 0.2) is 6.61 Å². The Hall–Kier alpha value is -1.51. The number of ether oxygens (including phenoxy) is 1. The molecule has 0 spiro atoms. The number of carboxylic acids is 1. The second kappa shape index (κ2) is 9.80. The monoisotopic (exact) mass is 386 g/mol. The van der Waals surface area contributed by atoms with Crippen molar-refractivity contribution in [1.82, 2.24) is 0 Å². The van der Waals surface area contributed by atoms with Gasteiger partial charge in [-0.25, -0.2) is 4.79 Å². The summed E-state index contributed by atoms with van der Waals surface area (Å²) in [6, 6.07) is 6.20. The van der Waals surface area contributed by atoms with Crippen LogP contribution in [0.25, 0.3) is 0 Å². The lowest BCUT2D eigenvalue weighted by molar-refractivity contribution is -0.139. The molecule has 28 heavy (non-hydrogen) atoms. The smallest absolute Gasteiger partial charge is 0.341 e. The van der Waals surface area contributed by atoms with Gasteiger partial charge in [0.1, 0.15) is 5.75 Å². The minimum atomic E-state index is -0.908. The third-order valence-corrected chi connectivity index (χ3v) is 7.36. The van der Waals surface area contributed by atoms with Crippen molar-refractivity contribution < 1.29 is 14.6 Å². The molecule has 2 aliphatic carbocycles. The summed E-state index contributed by atoms with van der Waals surface area (Å²) in [5, 5.41) is 8.95. The fourth-order valence-corrected chi connectivity index (χ4v) is 5.84. The summed E-state index contributed by atoms with van der Waals surface area (Å²) in [7, 11) is 0. The molecule has 5 atom stereocenters. The molecule has 0 unspecified atom stereocenters. The maximum Gasteiger partial charge on any atom is 0.341 e. The summed E-state index contributed by atoms with van der Waals surface area (Å²) in [6.07, 6.45) is 11.7. The second-order valence-electron chi connectivity index (χ2n) is 9.46. The number of rotatable bonds is 10. The number of carboxylic acid groups (broad SMARTS) is 1. The van der Waals surface area contributed by atoms with Crippen LogP contribution in [-0.2, 0) is 17.6 Å². The Kier molecular flexibility index (Phi) is 7.42. The van der Waals surface area contributed by atoms with Crippen molar-refractivity contribution in [3.05, 3.63) is 29.3 Å². The van der Waals surface area contributed by atoms with Crippen molar-refractivity contribution in [1.29, 1.82) is 0 Å². The van der Waals surface area contributed by atoms with Gasteiger partial charge in [-0.15, -0.1) is 0 Å². The van der Waals surface area contributed by atoms with Gasteiger partial charge in [-0.3, -0.25) is 0 Å². The van der Waals surface area contributed by atoms with Crippen LogP contribution in [0.5, 0.6) is 5.75 Å². The molecule has 0 heterocycles. The Morgan fingerprint density at radius 2 is 2.07 bits per heavy atom. The van der Waals surface area contributed by atoms with E-state index in [1.165, 1.54) is 56.1 Å². The van der Waals surface area contributed by atoms with Gasteiger partial charge in [0.25, 0.3) is 0 Å². The van der Waals surface area contributed by atoms with Gasteiger partial charge in [0.2, 0.25) is 0 Å². The van der Waals surface area contributed by atoms with Crippen molar-refractivity contribution in [3.63, 3.8) is 0 Å². The molecule has 0 bridgehead atoms. The predicted molar refractivity (Wildman–Crippen MR) is 114 cm³/mol. The van der Waals surface area contributed by atoms with Crippen LogP contribution in [-0.4, -0.2) is 17.7 Å². The third-order valence-electron chi connectivity index (χ3n) is 7.36. The van der Waals surface area contributed by atoms with Crippen LogP contribution in [0.2, 0.25) is 0 Å². The molecule has 0 aromatic heterocycles. The number of hydrogen-bond donors (Lipinski definition) is 1. The molecule has 0 aliphatic heterocycles. The average molecular weight is 387 g/mol. The van der Waals surface area contributed by atoms with E-state index in [0.717, 1.165) is 48.2 Å². The molecule has 3 heteroatoms. The van der Waals surface area contributed by atoms with Crippen molar-refractivity contribution >= 4 is 5.97 Å². The first-order chi connectivity index (χ1) is 13.5.